The Labute approximate surface area is 113 Å². The Morgan fingerprint density at radius 3 is 3.00 bits per heavy atom. The highest BCUT2D eigenvalue weighted by molar-refractivity contribution is 5.95. The van der Waals surface area contributed by atoms with Crippen LogP contribution < -0.4 is 10.6 Å². The minimum atomic E-state index is 0.0711. The Morgan fingerprint density at radius 2 is 2.16 bits per heavy atom. The Kier molecular flexibility index (Phi) is 3.27. The van der Waals surface area contributed by atoms with Crippen molar-refractivity contribution in [2.45, 2.75) is 38.1 Å². The van der Waals surface area contributed by atoms with Gasteiger partial charge < -0.3 is 15.8 Å². The van der Waals surface area contributed by atoms with E-state index >= 15 is 0 Å². The van der Waals surface area contributed by atoms with Gasteiger partial charge in [-0.05, 0) is 43.7 Å². The fourth-order valence-electron chi connectivity index (χ4n) is 3.52. The molecule has 0 radical (unpaired) electrons. The molecule has 2 aliphatic rings. The second-order valence-electron chi connectivity index (χ2n) is 5.46. The van der Waals surface area contributed by atoms with Gasteiger partial charge in [-0.1, -0.05) is 17.6 Å². The van der Waals surface area contributed by atoms with Crippen LogP contribution in [0.5, 0.6) is 0 Å². The van der Waals surface area contributed by atoms with Crippen molar-refractivity contribution >= 4 is 11.7 Å². The Bertz CT molecular complexity index is 488. The predicted molar refractivity (Wildman–Crippen MR) is 74.5 cm³/mol. The minimum Gasteiger partial charge on any atom is -0.409 e. The number of rotatable bonds is 2. The van der Waals surface area contributed by atoms with Crippen molar-refractivity contribution in [2.75, 3.05) is 11.4 Å². The SMILES string of the molecule is NC(=NO)c1cccc(N2CCCC3CCCC32)n1. The summed E-state index contributed by atoms with van der Waals surface area (Å²) in [6.45, 7) is 1.06. The number of pyridine rings is 1. The molecule has 1 aliphatic heterocycles. The van der Waals surface area contributed by atoms with Crippen molar-refractivity contribution in [3.8, 4) is 0 Å². The highest BCUT2D eigenvalue weighted by Gasteiger charge is 2.35. The maximum atomic E-state index is 8.75. The molecule has 0 spiro atoms. The zero-order valence-corrected chi connectivity index (χ0v) is 11.0. The maximum Gasteiger partial charge on any atom is 0.188 e. The fraction of sp³-hybridized carbons (Fsp3) is 0.571. The lowest BCUT2D eigenvalue weighted by Gasteiger charge is -2.38. The number of piperidine rings is 1. The van der Waals surface area contributed by atoms with Crippen LogP contribution in [0, 0.1) is 5.92 Å². The summed E-state index contributed by atoms with van der Waals surface area (Å²) < 4.78 is 0. The molecule has 0 amide bonds. The third kappa shape index (κ3) is 2.25. The van der Waals surface area contributed by atoms with E-state index in [1.54, 1.807) is 6.07 Å². The lowest BCUT2D eigenvalue weighted by atomic mass is 9.92. The van der Waals surface area contributed by atoms with Gasteiger partial charge in [0.25, 0.3) is 0 Å². The molecular formula is C14H20N4O. The molecule has 1 saturated carbocycles. The third-order valence-electron chi connectivity index (χ3n) is 4.39. The van der Waals surface area contributed by atoms with Crippen LogP contribution >= 0.6 is 0 Å². The van der Waals surface area contributed by atoms with Crippen LogP contribution in [-0.4, -0.2) is 28.6 Å². The molecule has 2 atom stereocenters. The molecule has 2 fully saturated rings. The van der Waals surface area contributed by atoms with E-state index < -0.39 is 0 Å². The van der Waals surface area contributed by atoms with Crippen molar-refractivity contribution in [3.63, 3.8) is 0 Å². The topological polar surface area (TPSA) is 74.7 Å². The van der Waals surface area contributed by atoms with E-state index in [0.29, 0.717) is 11.7 Å². The second-order valence-corrected chi connectivity index (χ2v) is 5.46. The van der Waals surface area contributed by atoms with E-state index in [9.17, 15) is 0 Å². The maximum absolute atomic E-state index is 8.75. The van der Waals surface area contributed by atoms with Crippen molar-refractivity contribution in [1.82, 2.24) is 4.98 Å². The summed E-state index contributed by atoms with van der Waals surface area (Å²) in [5.41, 5.74) is 6.16. The van der Waals surface area contributed by atoms with Crippen LogP contribution in [0.3, 0.4) is 0 Å². The lowest BCUT2D eigenvalue weighted by Crippen LogP contribution is -2.43. The number of fused-ring (bicyclic) bond motifs is 1. The highest BCUT2D eigenvalue weighted by atomic mass is 16.4. The number of aromatic nitrogens is 1. The zero-order valence-electron chi connectivity index (χ0n) is 11.0. The van der Waals surface area contributed by atoms with Gasteiger partial charge in [0.1, 0.15) is 11.5 Å². The number of nitrogens with two attached hydrogens (primary N) is 1. The molecule has 1 aromatic rings. The molecule has 0 bridgehead atoms. The normalized spacial score (nSPS) is 27.4. The van der Waals surface area contributed by atoms with Gasteiger partial charge >= 0.3 is 0 Å². The van der Waals surface area contributed by atoms with Crippen LogP contribution in [0.4, 0.5) is 5.82 Å². The first kappa shape index (κ1) is 12.3. The Hall–Kier alpha value is -1.78. The zero-order chi connectivity index (χ0) is 13.2. The quantitative estimate of drug-likeness (QED) is 0.369. The summed E-state index contributed by atoms with van der Waals surface area (Å²) in [6.07, 6.45) is 6.52. The van der Waals surface area contributed by atoms with Crippen LogP contribution in [0.15, 0.2) is 23.4 Å². The van der Waals surface area contributed by atoms with Crippen molar-refractivity contribution in [1.29, 1.82) is 0 Å². The van der Waals surface area contributed by atoms with Gasteiger partial charge in [-0.15, -0.1) is 0 Å². The molecule has 2 heterocycles. The van der Waals surface area contributed by atoms with Crippen LogP contribution in [0.25, 0.3) is 0 Å². The number of amidine groups is 1. The Morgan fingerprint density at radius 1 is 1.32 bits per heavy atom. The summed E-state index contributed by atoms with van der Waals surface area (Å²) in [7, 11) is 0. The van der Waals surface area contributed by atoms with Gasteiger partial charge in [-0.2, -0.15) is 0 Å². The fourth-order valence-corrected chi connectivity index (χ4v) is 3.52. The number of hydrogen-bond donors (Lipinski definition) is 2. The lowest BCUT2D eigenvalue weighted by molar-refractivity contribution is 0.318. The molecule has 5 nitrogen and oxygen atoms in total. The van der Waals surface area contributed by atoms with Gasteiger partial charge in [-0.25, -0.2) is 4.98 Å². The molecule has 3 rings (SSSR count). The molecule has 0 aromatic carbocycles. The molecular weight excluding hydrogens is 240 g/mol. The molecule has 102 valence electrons. The van der Waals surface area contributed by atoms with E-state index in [-0.39, 0.29) is 5.84 Å². The second kappa shape index (κ2) is 5.07. The first-order valence-electron chi connectivity index (χ1n) is 7.01. The minimum absolute atomic E-state index is 0.0711. The first-order chi connectivity index (χ1) is 9.29. The number of hydrogen-bond acceptors (Lipinski definition) is 4. The molecule has 3 N–H and O–H groups in total. The van der Waals surface area contributed by atoms with Crippen molar-refractivity contribution < 1.29 is 5.21 Å². The summed E-state index contributed by atoms with van der Waals surface area (Å²) in [6, 6.07) is 6.35. The Balaban J connectivity index is 1.88. The monoisotopic (exact) mass is 260 g/mol. The van der Waals surface area contributed by atoms with E-state index in [2.05, 4.69) is 15.0 Å². The number of anilines is 1. The summed E-state index contributed by atoms with van der Waals surface area (Å²) in [5, 5.41) is 11.8. The van der Waals surface area contributed by atoms with Gasteiger partial charge in [0.15, 0.2) is 5.84 Å². The van der Waals surface area contributed by atoms with Crippen LogP contribution in [0.2, 0.25) is 0 Å². The standard InChI is InChI=1S/C14H20N4O/c15-14(17-19)11-6-2-8-13(16-11)18-9-3-5-10-4-1-7-12(10)18/h2,6,8,10,12,19H,1,3-5,7,9H2,(H2,15,17). The van der Waals surface area contributed by atoms with Crippen LogP contribution in [0.1, 0.15) is 37.8 Å². The largest absolute Gasteiger partial charge is 0.409 e. The summed E-state index contributed by atoms with van der Waals surface area (Å²) in [4.78, 5) is 6.95. The number of oxime groups is 1. The van der Waals surface area contributed by atoms with E-state index in [1.165, 1.54) is 32.1 Å². The molecule has 1 saturated heterocycles. The molecule has 19 heavy (non-hydrogen) atoms. The van der Waals surface area contributed by atoms with E-state index in [0.717, 1.165) is 18.3 Å². The van der Waals surface area contributed by atoms with Crippen molar-refractivity contribution in [3.05, 3.63) is 23.9 Å². The summed E-state index contributed by atoms with van der Waals surface area (Å²) >= 11 is 0. The van der Waals surface area contributed by atoms with Gasteiger partial charge in [0.05, 0.1) is 0 Å². The van der Waals surface area contributed by atoms with Crippen molar-refractivity contribution in [2.24, 2.45) is 16.8 Å². The van der Waals surface area contributed by atoms with E-state index in [4.69, 9.17) is 10.9 Å². The smallest absolute Gasteiger partial charge is 0.188 e. The van der Waals surface area contributed by atoms with E-state index in [1.807, 2.05) is 12.1 Å². The average molecular weight is 260 g/mol. The third-order valence-corrected chi connectivity index (χ3v) is 4.39. The molecule has 1 aromatic heterocycles. The molecule has 2 unspecified atom stereocenters. The average Bonchev–Trinajstić information content (AvgIpc) is 2.94. The number of nitrogens with zero attached hydrogens (tertiary/aromatic N) is 3. The van der Waals surface area contributed by atoms with Gasteiger partial charge in [0.2, 0.25) is 0 Å². The van der Waals surface area contributed by atoms with Crippen LogP contribution in [-0.2, 0) is 0 Å². The van der Waals surface area contributed by atoms with Gasteiger partial charge in [-0.3, -0.25) is 0 Å². The molecule has 1 aliphatic carbocycles. The highest BCUT2D eigenvalue weighted by Crippen LogP contribution is 2.38. The van der Waals surface area contributed by atoms with Gasteiger partial charge in [0, 0.05) is 12.6 Å². The predicted octanol–water partition coefficient (Wildman–Crippen LogP) is 1.95. The summed E-state index contributed by atoms with van der Waals surface area (Å²) in [5.74, 6) is 1.85. The first-order valence-corrected chi connectivity index (χ1v) is 7.01. The molecule has 5 heteroatoms.